The highest BCUT2D eigenvalue weighted by molar-refractivity contribution is 6.03. The maximum atomic E-state index is 13.3. The van der Waals surface area contributed by atoms with Crippen molar-refractivity contribution >= 4 is 22.9 Å². The van der Waals surface area contributed by atoms with Crippen molar-refractivity contribution in [3.05, 3.63) is 113 Å². The minimum absolute atomic E-state index is 0.00341. The number of carbonyl (C=O) groups excluding carboxylic acids is 1. The van der Waals surface area contributed by atoms with Crippen LogP contribution in [-0.4, -0.2) is 27.0 Å². The van der Waals surface area contributed by atoms with Crippen molar-refractivity contribution in [3.8, 4) is 22.5 Å². The molecule has 0 radical (unpaired) electrons. The molecule has 1 aromatic heterocycles. The van der Waals surface area contributed by atoms with Gasteiger partial charge in [-0.2, -0.15) is 0 Å². The van der Waals surface area contributed by atoms with Crippen molar-refractivity contribution in [1.29, 1.82) is 0 Å². The monoisotopic (exact) mass is 559 g/mol. The topological polar surface area (TPSA) is 95.1 Å². The molecular formula is C36H37N3O3. The number of carboxylic acid groups (broad SMARTS) is 1. The number of nitrogens with zero attached hydrogens (tertiary/aromatic N) is 1. The normalized spacial score (nSPS) is 12.3. The molecule has 0 aliphatic rings. The highest BCUT2D eigenvalue weighted by atomic mass is 16.4. The summed E-state index contributed by atoms with van der Waals surface area (Å²) in [6, 6.07) is 26.7. The van der Waals surface area contributed by atoms with Crippen LogP contribution in [0.2, 0.25) is 0 Å². The number of aromatic carboxylic acids is 1. The zero-order valence-electron chi connectivity index (χ0n) is 24.8. The number of hydrogen-bond acceptors (Lipinski definition) is 3. The number of amides is 1. The molecule has 3 N–H and O–H groups in total. The Morgan fingerprint density at radius 2 is 1.64 bits per heavy atom. The van der Waals surface area contributed by atoms with Gasteiger partial charge in [-0.1, -0.05) is 100 Å². The fraction of sp³-hybridized carbons (Fsp3) is 0.250. The number of carbonyl (C=O) groups is 2. The summed E-state index contributed by atoms with van der Waals surface area (Å²) in [7, 11) is 0. The zero-order valence-corrected chi connectivity index (χ0v) is 24.8. The molecule has 1 amide bonds. The number of nitrogens with one attached hydrogen (secondary N) is 2. The molecule has 0 fully saturated rings. The van der Waals surface area contributed by atoms with Crippen molar-refractivity contribution in [3.63, 3.8) is 0 Å². The van der Waals surface area contributed by atoms with Crippen LogP contribution in [0.1, 0.15) is 84.0 Å². The van der Waals surface area contributed by atoms with Crippen molar-refractivity contribution in [1.82, 2.24) is 15.3 Å². The number of aryl methyl sites for hydroxylation is 1. The summed E-state index contributed by atoms with van der Waals surface area (Å²) < 4.78 is 0. The van der Waals surface area contributed by atoms with E-state index in [-0.39, 0.29) is 22.9 Å². The van der Waals surface area contributed by atoms with Gasteiger partial charge in [0, 0.05) is 11.1 Å². The molecule has 42 heavy (non-hydrogen) atoms. The lowest BCUT2D eigenvalue weighted by Crippen LogP contribution is -2.28. The van der Waals surface area contributed by atoms with Gasteiger partial charge in [-0.3, -0.25) is 4.79 Å². The van der Waals surface area contributed by atoms with Gasteiger partial charge in [-0.05, 0) is 65.3 Å². The van der Waals surface area contributed by atoms with Crippen LogP contribution in [0, 0.1) is 6.92 Å². The molecule has 0 aliphatic carbocycles. The van der Waals surface area contributed by atoms with Crippen molar-refractivity contribution in [2.24, 2.45) is 0 Å². The van der Waals surface area contributed by atoms with Crippen LogP contribution in [0.15, 0.2) is 84.9 Å². The SMILES string of the molecule is CCCC(NC(=O)c1ccc(-c2cc(C)ccc2-c2nc3ccc(C(C)(C)C)cc3[nH]2)c(C(=O)O)c1)c1ccccc1. The van der Waals surface area contributed by atoms with E-state index in [2.05, 4.69) is 50.1 Å². The molecule has 0 saturated heterocycles. The predicted octanol–water partition coefficient (Wildman–Crippen LogP) is 8.47. The number of fused-ring (bicyclic) bond motifs is 1. The second-order valence-corrected chi connectivity index (χ2v) is 11.9. The molecule has 6 heteroatoms. The van der Waals surface area contributed by atoms with E-state index in [1.54, 1.807) is 12.1 Å². The molecule has 5 aromatic rings. The Kier molecular flexibility index (Phi) is 7.99. The van der Waals surface area contributed by atoms with Gasteiger partial charge in [0.25, 0.3) is 5.91 Å². The average molecular weight is 560 g/mol. The highest BCUT2D eigenvalue weighted by Gasteiger charge is 2.22. The molecule has 214 valence electrons. The molecule has 6 nitrogen and oxygen atoms in total. The second-order valence-electron chi connectivity index (χ2n) is 11.9. The first-order chi connectivity index (χ1) is 20.0. The molecule has 1 atom stereocenters. The van der Waals surface area contributed by atoms with Crippen LogP contribution in [-0.2, 0) is 5.41 Å². The summed E-state index contributed by atoms with van der Waals surface area (Å²) in [5, 5.41) is 13.4. The number of benzene rings is 4. The largest absolute Gasteiger partial charge is 0.478 e. The van der Waals surface area contributed by atoms with E-state index in [1.165, 1.54) is 11.6 Å². The first-order valence-electron chi connectivity index (χ1n) is 14.4. The Morgan fingerprint density at radius 1 is 0.905 bits per heavy atom. The predicted molar refractivity (Wildman–Crippen MR) is 169 cm³/mol. The summed E-state index contributed by atoms with van der Waals surface area (Å²) in [4.78, 5) is 34.2. The lowest BCUT2D eigenvalue weighted by Gasteiger charge is -2.19. The van der Waals surface area contributed by atoms with Crippen LogP contribution < -0.4 is 5.32 Å². The Hall–Kier alpha value is -4.71. The fourth-order valence-electron chi connectivity index (χ4n) is 5.33. The minimum Gasteiger partial charge on any atom is -0.478 e. The maximum absolute atomic E-state index is 13.3. The smallest absolute Gasteiger partial charge is 0.336 e. The van der Waals surface area contributed by atoms with Gasteiger partial charge in [0.05, 0.1) is 22.6 Å². The lowest BCUT2D eigenvalue weighted by molar-refractivity contribution is 0.0697. The number of hydrogen-bond donors (Lipinski definition) is 3. The van der Waals surface area contributed by atoms with Gasteiger partial charge in [-0.15, -0.1) is 0 Å². The molecule has 0 bridgehead atoms. The van der Waals surface area contributed by atoms with E-state index in [9.17, 15) is 14.7 Å². The summed E-state index contributed by atoms with van der Waals surface area (Å²) in [5.74, 6) is -0.739. The van der Waals surface area contributed by atoms with E-state index >= 15 is 0 Å². The Morgan fingerprint density at radius 3 is 2.33 bits per heavy atom. The molecular weight excluding hydrogens is 522 g/mol. The number of imidazole rings is 1. The lowest BCUT2D eigenvalue weighted by atomic mass is 9.87. The van der Waals surface area contributed by atoms with Gasteiger partial charge in [0.2, 0.25) is 0 Å². The van der Waals surface area contributed by atoms with E-state index < -0.39 is 5.97 Å². The quantitative estimate of drug-likeness (QED) is 0.178. The molecule has 4 aromatic carbocycles. The molecule has 1 unspecified atom stereocenters. The number of carboxylic acids is 1. The standard InChI is InChI=1S/C36H37N3O3/c1-6-10-30(23-11-8-7-9-12-23)39-34(40)24-14-17-26(29(20-24)35(41)42)28-19-22(2)13-16-27(28)33-37-31-18-15-25(36(3,4)5)21-32(31)38-33/h7-9,11-21,30H,6,10H2,1-5H3,(H,37,38)(H,39,40)(H,41,42). The average Bonchev–Trinajstić information content (AvgIpc) is 3.40. The van der Waals surface area contributed by atoms with Crippen LogP contribution in [0.3, 0.4) is 0 Å². The summed E-state index contributed by atoms with van der Waals surface area (Å²) in [5.41, 5.74) is 7.40. The third kappa shape index (κ3) is 5.98. The van der Waals surface area contributed by atoms with Gasteiger partial charge < -0.3 is 15.4 Å². The van der Waals surface area contributed by atoms with E-state index in [4.69, 9.17) is 4.98 Å². The third-order valence-electron chi connectivity index (χ3n) is 7.67. The van der Waals surface area contributed by atoms with Gasteiger partial charge in [0.15, 0.2) is 0 Å². The second kappa shape index (κ2) is 11.6. The molecule has 0 saturated carbocycles. The van der Waals surface area contributed by atoms with Gasteiger partial charge >= 0.3 is 5.97 Å². The minimum atomic E-state index is -1.10. The zero-order chi connectivity index (χ0) is 30.0. The fourth-order valence-corrected chi connectivity index (χ4v) is 5.33. The van der Waals surface area contributed by atoms with E-state index in [0.717, 1.165) is 46.1 Å². The number of H-pyrrole nitrogens is 1. The number of rotatable bonds is 8. The Labute approximate surface area is 246 Å². The summed E-state index contributed by atoms with van der Waals surface area (Å²) >= 11 is 0. The van der Waals surface area contributed by atoms with Gasteiger partial charge in [-0.25, -0.2) is 9.78 Å². The third-order valence-corrected chi connectivity index (χ3v) is 7.67. The van der Waals surface area contributed by atoms with Crippen molar-refractivity contribution in [2.75, 3.05) is 0 Å². The van der Waals surface area contributed by atoms with Crippen molar-refractivity contribution < 1.29 is 14.7 Å². The summed E-state index contributed by atoms with van der Waals surface area (Å²) in [6.07, 6.45) is 1.68. The van der Waals surface area contributed by atoms with Crippen LogP contribution in [0.4, 0.5) is 0 Å². The van der Waals surface area contributed by atoms with E-state index in [0.29, 0.717) is 17.0 Å². The molecule has 0 aliphatic heterocycles. The Balaban J connectivity index is 1.54. The van der Waals surface area contributed by atoms with Gasteiger partial charge in [0.1, 0.15) is 5.82 Å². The van der Waals surface area contributed by atoms with Crippen LogP contribution in [0.25, 0.3) is 33.5 Å². The van der Waals surface area contributed by atoms with Crippen LogP contribution >= 0.6 is 0 Å². The first kappa shape index (κ1) is 28.8. The van der Waals surface area contributed by atoms with Crippen LogP contribution in [0.5, 0.6) is 0 Å². The van der Waals surface area contributed by atoms with Crippen molar-refractivity contribution in [2.45, 2.75) is 58.9 Å². The number of aromatic nitrogens is 2. The molecule has 0 spiro atoms. The first-order valence-corrected chi connectivity index (χ1v) is 14.4. The highest BCUT2D eigenvalue weighted by Crippen LogP contribution is 2.36. The maximum Gasteiger partial charge on any atom is 0.336 e. The molecule has 1 heterocycles. The Bertz CT molecular complexity index is 1760. The molecule has 5 rings (SSSR count). The van der Waals surface area contributed by atoms with E-state index in [1.807, 2.05) is 61.5 Å². The summed E-state index contributed by atoms with van der Waals surface area (Å²) in [6.45, 7) is 10.6. The number of aromatic amines is 1.